The van der Waals surface area contributed by atoms with Crippen molar-refractivity contribution in [1.82, 2.24) is 19.8 Å². The average Bonchev–Trinajstić information content (AvgIpc) is 3.31. The van der Waals surface area contributed by atoms with Crippen LogP contribution in [0.3, 0.4) is 0 Å². The zero-order valence-corrected chi connectivity index (χ0v) is 17.8. The van der Waals surface area contributed by atoms with Crippen LogP contribution in [0.5, 0.6) is 0 Å². The third kappa shape index (κ3) is 5.08. The van der Waals surface area contributed by atoms with Crippen LogP contribution in [-0.2, 0) is 16.2 Å². The van der Waals surface area contributed by atoms with Crippen molar-refractivity contribution in [3.63, 3.8) is 0 Å². The molecule has 2 aromatic rings. The van der Waals surface area contributed by atoms with Crippen LogP contribution in [-0.4, -0.2) is 58.7 Å². The van der Waals surface area contributed by atoms with Crippen molar-refractivity contribution in [2.75, 3.05) is 37.9 Å². The third-order valence-electron chi connectivity index (χ3n) is 4.92. The first-order valence-electron chi connectivity index (χ1n) is 9.62. The van der Waals surface area contributed by atoms with E-state index >= 15 is 0 Å². The molecule has 0 spiro atoms. The number of amides is 1. The first-order valence-corrected chi connectivity index (χ1v) is 10.6. The van der Waals surface area contributed by atoms with Crippen LogP contribution in [0.15, 0.2) is 28.0 Å². The van der Waals surface area contributed by atoms with Gasteiger partial charge >= 0.3 is 0 Å². The van der Waals surface area contributed by atoms with Gasteiger partial charge in [-0.3, -0.25) is 14.2 Å². The highest BCUT2D eigenvalue weighted by Crippen LogP contribution is 2.29. The van der Waals surface area contributed by atoms with Crippen LogP contribution in [0.2, 0.25) is 0 Å². The number of piperidine rings is 1. The number of aromatic nitrogens is 3. The summed E-state index contributed by atoms with van der Waals surface area (Å²) in [7, 11) is 3.10. The van der Waals surface area contributed by atoms with Crippen molar-refractivity contribution in [3.8, 4) is 0 Å². The number of furan rings is 1. The molecule has 0 unspecified atom stereocenters. The molecule has 1 aliphatic heterocycles. The zero-order valence-electron chi connectivity index (χ0n) is 17.0. The zero-order chi connectivity index (χ0) is 20.1. The monoisotopic (exact) mass is 407 g/mol. The van der Waals surface area contributed by atoms with Crippen LogP contribution in [0.4, 0.5) is 5.95 Å². The number of carbonyl (C=O) groups excluding carboxylic acids is 1. The molecule has 0 saturated carbocycles. The van der Waals surface area contributed by atoms with Gasteiger partial charge in [0.05, 0.1) is 19.9 Å². The molecule has 2 atom stereocenters. The van der Waals surface area contributed by atoms with Crippen molar-refractivity contribution in [2.24, 2.45) is 11.8 Å². The molecule has 28 heavy (non-hydrogen) atoms. The number of anilines is 1. The summed E-state index contributed by atoms with van der Waals surface area (Å²) in [6, 6.07) is 3.84. The quantitative estimate of drug-likeness (QED) is 0.492. The standard InChI is InChI=1S/C19H29N5O3S/c1-14-10-15(2)12-23(11-14)18-20-21-19(24(18)13-16-6-5-8-27-16)28-9-7-17(25)22(3)26-4/h5-6,8,14-15H,7,9-13H2,1-4H3/t14-,15+. The van der Waals surface area contributed by atoms with Gasteiger partial charge < -0.3 is 9.32 Å². The summed E-state index contributed by atoms with van der Waals surface area (Å²) >= 11 is 1.53. The van der Waals surface area contributed by atoms with Gasteiger partial charge in [0.2, 0.25) is 11.9 Å². The Bertz CT molecular complexity index is 754. The van der Waals surface area contributed by atoms with E-state index in [1.54, 1.807) is 13.3 Å². The third-order valence-corrected chi connectivity index (χ3v) is 5.88. The van der Waals surface area contributed by atoms with E-state index in [1.807, 2.05) is 12.1 Å². The number of carbonyl (C=O) groups is 1. The maximum atomic E-state index is 12.0. The molecule has 1 amide bonds. The molecule has 0 bridgehead atoms. The average molecular weight is 408 g/mol. The summed E-state index contributed by atoms with van der Waals surface area (Å²) in [6.45, 7) is 7.08. The van der Waals surface area contributed by atoms with Gasteiger partial charge in [-0.25, -0.2) is 5.06 Å². The van der Waals surface area contributed by atoms with Crippen LogP contribution in [0.1, 0.15) is 32.4 Å². The Hall–Kier alpha value is -2.00. The van der Waals surface area contributed by atoms with Gasteiger partial charge in [-0.15, -0.1) is 10.2 Å². The van der Waals surface area contributed by atoms with Gasteiger partial charge in [-0.1, -0.05) is 25.6 Å². The predicted octanol–water partition coefficient (Wildman–Crippen LogP) is 2.90. The van der Waals surface area contributed by atoms with Crippen molar-refractivity contribution in [1.29, 1.82) is 0 Å². The highest BCUT2D eigenvalue weighted by molar-refractivity contribution is 7.99. The first-order chi connectivity index (χ1) is 13.5. The molecule has 2 aromatic heterocycles. The number of hydroxylamine groups is 2. The summed E-state index contributed by atoms with van der Waals surface area (Å²) in [4.78, 5) is 19.2. The lowest BCUT2D eigenvalue weighted by molar-refractivity contribution is -0.168. The summed E-state index contributed by atoms with van der Waals surface area (Å²) in [5, 5.41) is 11.0. The molecular weight excluding hydrogens is 378 g/mol. The number of hydrogen-bond acceptors (Lipinski definition) is 7. The minimum absolute atomic E-state index is 0.0639. The molecule has 3 rings (SSSR count). The Kier molecular flexibility index (Phi) is 7.01. The molecule has 1 aliphatic rings. The van der Waals surface area contributed by atoms with E-state index in [0.29, 0.717) is 30.6 Å². The smallest absolute Gasteiger partial charge is 0.246 e. The topological polar surface area (TPSA) is 76.6 Å². The summed E-state index contributed by atoms with van der Waals surface area (Å²) in [6.07, 6.45) is 3.28. The molecule has 154 valence electrons. The van der Waals surface area contributed by atoms with E-state index in [-0.39, 0.29) is 5.91 Å². The van der Waals surface area contributed by atoms with Gasteiger partial charge in [0.25, 0.3) is 0 Å². The lowest BCUT2D eigenvalue weighted by atomic mass is 9.92. The van der Waals surface area contributed by atoms with Gasteiger partial charge in [0.1, 0.15) is 5.76 Å². The fraction of sp³-hybridized carbons (Fsp3) is 0.632. The van der Waals surface area contributed by atoms with Gasteiger partial charge in [-0.2, -0.15) is 0 Å². The first kappa shape index (κ1) is 20.7. The van der Waals surface area contributed by atoms with Gasteiger partial charge in [0.15, 0.2) is 5.16 Å². The maximum absolute atomic E-state index is 12.0. The largest absolute Gasteiger partial charge is 0.467 e. The van der Waals surface area contributed by atoms with E-state index in [0.717, 1.165) is 30.0 Å². The Morgan fingerprint density at radius 1 is 1.36 bits per heavy atom. The Labute approximate surface area is 170 Å². The normalized spacial score (nSPS) is 19.8. The second-order valence-electron chi connectivity index (χ2n) is 7.47. The molecule has 1 fully saturated rings. The summed E-state index contributed by atoms with van der Waals surface area (Å²) < 4.78 is 7.65. The van der Waals surface area contributed by atoms with E-state index in [4.69, 9.17) is 9.25 Å². The van der Waals surface area contributed by atoms with Crippen LogP contribution in [0.25, 0.3) is 0 Å². The molecule has 8 nitrogen and oxygen atoms in total. The van der Waals surface area contributed by atoms with Crippen LogP contribution in [0, 0.1) is 11.8 Å². The van der Waals surface area contributed by atoms with E-state index in [1.165, 1.54) is 30.4 Å². The highest BCUT2D eigenvalue weighted by atomic mass is 32.2. The number of hydrogen-bond donors (Lipinski definition) is 0. The van der Waals surface area contributed by atoms with Crippen molar-refractivity contribution < 1.29 is 14.0 Å². The number of thioether (sulfide) groups is 1. The molecule has 0 aromatic carbocycles. The lowest BCUT2D eigenvalue weighted by Crippen LogP contribution is -2.40. The molecule has 9 heteroatoms. The Morgan fingerprint density at radius 2 is 2.11 bits per heavy atom. The SMILES string of the molecule is CON(C)C(=O)CCSc1nnc(N2C[C@H](C)C[C@H](C)C2)n1Cc1ccco1. The Balaban J connectivity index is 1.76. The van der Waals surface area contributed by atoms with Gasteiger partial charge in [-0.05, 0) is 30.4 Å². The van der Waals surface area contributed by atoms with Crippen molar-refractivity contribution >= 4 is 23.6 Å². The molecule has 1 saturated heterocycles. The molecule has 0 radical (unpaired) electrons. The lowest BCUT2D eigenvalue weighted by Gasteiger charge is -2.35. The van der Waals surface area contributed by atoms with Crippen LogP contribution < -0.4 is 4.90 Å². The predicted molar refractivity (Wildman–Crippen MR) is 108 cm³/mol. The van der Waals surface area contributed by atoms with E-state index in [9.17, 15) is 4.79 Å². The van der Waals surface area contributed by atoms with E-state index < -0.39 is 0 Å². The van der Waals surface area contributed by atoms with Crippen molar-refractivity contribution in [3.05, 3.63) is 24.2 Å². The fourth-order valence-corrected chi connectivity index (χ4v) is 4.49. The molecule has 3 heterocycles. The highest BCUT2D eigenvalue weighted by Gasteiger charge is 2.27. The second kappa shape index (κ2) is 9.47. The van der Waals surface area contributed by atoms with Crippen molar-refractivity contribution in [2.45, 2.75) is 38.4 Å². The summed E-state index contributed by atoms with van der Waals surface area (Å²) in [5.41, 5.74) is 0. The number of rotatable bonds is 8. The second-order valence-corrected chi connectivity index (χ2v) is 8.53. The minimum atomic E-state index is -0.0639. The van der Waals surface area contributed by atoms with Crippen LogP contribution >= 0.6 is 11.8 Å². The molecule has 0 N–H and O–H groups in total. The molecular formula is C19H29N5O3S. The minimum Gasteiger partial charge on any atom is -0.467 e. The van der Waals surface area contributed by atoms with Gasteiger partial charge in [0, 0.05) is 32.3 Å². The van der Waals surface area contributed by atoms with E-state index in [2.05, 4.69) is 33.5 Å². The summed E-state index contributed by atoms with van der Waals surface area (Å²) in [5.74, 6) is 3.52. The fourth-order valence-electron chi connectivity index (χ4n) is 3.63. The number of nitrogens with zero attached hydrogens (tertiary/aromatic N) is 5. The Morgan fingerprint density at radius 3 is 2.75 bits per heavy atom. The maximum Gasteiger partial charge on any atom is 0.246 e. The molecule has 0 aliphatic carbocycles.